The van der Waals surface area contributed by atoms with Gasteiger partial charge < -0.3 is 4.90 Å². The van der Waals surface area contributed by atoms with Crippen LogP contribution in [0.5, 0.6) is 0 Å². The van der Waals surface area contributed by atoms with Gasteiger partial charge in [-0.1, -0.05) is 13.0 Å². The van der Waals surface area contributed by atoms with E-state index in [1.807, 2.05) is 36.0 Å². The number of rotatable bonds is 6. The minimum atomic E-state index is 0.682. The Kier molecular flexibility index (Phi) is 4.68. The molecule has 102 valence electrons. The van der Waals surface area contributed by atoms with Gasteiger partial charge in [0.15, 0.2) is 4.77 Å². The summed E-state index contributed by atoms with van der Waals surface area (Å²) < 4.78 is 2.72. The Morgan fingerprint density at radius 2 is 2.26 bits per heavy atom. The Bertz CT molecular complexity index is 560. The first-order valence-corrected chi connectivity index (χ1v) is 6.89. The van der Waals surface area contributed by atoms with Crippen molar-refractivity contribution in [2.75, 3.05) is 18.5 Å². The second kappa shape index (κ2) is 6.47. The molecule has 0 spiro atoms. The fourth-order valence-electron chi connectivity index (χ4n) is 1.95. The monoisotopic (exact) mass is 277 g/mol. The molecule has 1 N–H and O–H groups in total. The molecule has 0 aliphatic carbocycles. The van der Waals surface area contributed by atoms with Gasteiger partial charge in [-0.3, -0.25) is 9.55 Å². The topological polar surface area (TPSA) is 49.7 Å². The van der Waals surface area contributed by atoms with E-state index in [4.69, 9.17) is 12.2 Å². The van der Waals surface area contributed by atoms with Gasteiger partial charge in [0.1, 0.15) is 0 Å². The van der Waals surface area contributed by atoms with Gasteiger partial charge in [-0.05, 0) is 30.8 Å². The lowest BCUT2D eigenvalue weighted by Crippen LogP contribution is -2.24. The average Bonchev–Trinajstić information content (AvgIpc) is 2.80. The molecule has 0 aliphatic heterocycles. The van der Waals surface area contributed by atoms with Gasteiger partial charge in [-0.15, -0.1) is 5.10 Å². The highest BCUT2D eigenvalue weighted by Crippen LogP contribution is 2.11. The number of nitrogens with zero attached hydrogens (tertiary/aromatic N) is 4. The van der Waals surface area contributed by atoms with Crippen LogP contribution in [-0.2, 0) is 13.0 Å². The second-order valence-corrected chi connectivity index (χ2v) is 4.86. The Labute approximate surface area is 118 Å². The number of anilines is 1. The van der Waals surface area contributed by atoms with Crippen LogP contribution in [0.15, 0.2) is 24.4 Å². The van der Waals surface area contributed by atoms with E-state index in [2.05, 4.69) is 27.0 Å². The van der Waals surface area contributed by atoms with Gasteiger partial charge >= 0.3 is 0 Å². The van der Waals surface area contributed by atoms with Crippen molar-refractivity contribution in [3.8, 4) is 0 Å². The van der Waals surface area contributed by atoms with Crippen LogP contribution in [0, 0.1) is 4.77 Å². The fraction of sp³-hybridized carbons (Fsp3) is 0.462. The molecule has 19 heavy (non-hydrogen) atoms. The summed E-state index contributed by atoms with van der Waals surface area (Å²) in [4.78, 5) is 6.43. The fourth-order valence-corrected chi connectivity index (χ4v) is 2.17. The minimum absolute atomic E-state index is 0.682. The minimum Gasteiger partial charge on any atom is -0.344 e. The van der Waals surface area contributed by atoms with E-state index in [1.165, 1.54) is 0 Å². The van der Waals surface area contributed by atoms with Crippen LogP contribution in [0.4, 0.5) is 5.95 Å². The smallest absolute Gasteiger partial charge is 0.225 e. The zero-order valence-corrected chi connectivity index (χ0v) is 12.2. The average molecular weight is 277 g/mol. The standard InChI is InChI=1S/C13H19N5S/c1-3-9-18-12(15-16-13(18)19)17(2)10-7-11-6-4-5-8-14-11/h4-6,8H,3,7,9-10H2,1-2H3,(H,16,19). The highest BCUT2D eigenvalue weighted by atomic mass is 32.1. The predicted molar refractivity (Wildman–Crippen MR) is 78.9 cm³/mol. The number of aromatic amines is 1. The van der Waals surface area contributed by atoms with Crippen LogP contribution in [0.3, 0.4) is 0 Å². The highest BCUT2D eigenvalue weighted by Gasteiger charge is 2.10. The summed E-state index contributed by atoms with van der Waals surface area (Å²) in [5.74, 6) is 0.891. The van der Waals surface area contributed by atoms with Crippen LogP contribution in [-0.4, -0.2) is 33.3 Å². The van der Waals surface area contributed by atoms with E-state index < -0.39 is 0 Å². The van der Waals surface area contributed by atoms with Crippen molar-refractivity contribution in [2.24, 2.45) is 0 Å². The van der Waals surface area contributed by atoms with Crippen LogP contribution in [0.25, 0.3) is 0 Å². The van der Waals surface area contributed by atoms with Gasteiger partial charge in [0.05, 0.1) is 0 Å². The number of H-pyrrole nitrogens is 1. The van der Waals surface area contributed by atoms with Gasteiger partial charge in [-0.25, -0.2) is 5.10 Å². The van der Waals surface area contributed by atoms with E-state index >= 15 is 0 Å². The Hall–Kier alpha value is -1.69. The van der Waals surface area contributed by atoms with E-state index in [9.17, 15) is 0 Å². The number of hydrogen-bond donors (Lipinski definition) is 1. The van der Waals surface area contributed by atoms with E-state index in [0.717, 1.165) is 37.6 Å². The first kappa shape index (κ1) is 13.7. The SMILES string of the molecule is CCCn1c(N(C)CCc2ccccn2)n[nH]c1=S. The Morgan fingerprint density at radius 1 is 1.42 bits per heavy atom. The molecular formula is C13H19N5S. The van der Waals surface area contributed by atoms with Crippen molar-refractivity contribution >= 4 is 18.2 Å². The predicted octanol–water partition coefficient (Wildman–Crippen LogP) is 2.42. The molecule has 5 nitrogen and oxygen atoms in total. The maximum absolute atomic E-state index is 5.24. The summed E-state index contributed by atoms with van der Waals surface area (Å²) in [6.07, 6.45) is 3.75. The largest absolute Gasteiger partial charge is 0.344 e. The molecule has 2 aromatic heterocycles. The molecule has 0 radical (unpaired) electrons. The number of aromatic nitrogens is 4. The third kappa shape index (κ3) is 3.41. The van der Waals surface area contributed by atoms with Gasteiger partial charge in [0.2, 0.25) is 5.95 Å². The van der Waals surface area contributed by atoms with Crippen LogP contribution in [0.1, 0.15) is 19.0 Å². The van der Waals surface area contributed by atoms with Crippen molar-refractivity contribution in [3.63, 3.8) is 0 Å². The van der Waals surface area contributed by atoms with Crippen molar-refractivity contribution in [2.45, 2.75) is 26.3 Å². The summed E-state index contributed by atoms with van der Waals surface area (Å²) in [7, 11) is 2.03. The van der Waals surface area contributed by atoms with Crippen molar-refractivity contribution in [1.82, 2.24) is 19.7 Å². The first-order chi connectivity index (χ1) is 9.22. The molecule has 0 atom stereocenters. The van der Waals surface area contributed by atoms with Crippen molar-refractivity contribution in [1.29, 1.82) is 0 Å². The molecule has 0 saturated heterocycles. The lowest BCUT2D eigenvalue weighted by atomic mass is 10.2. The number of likely N-dealkylation sites (N-methyl/N-ethyl adjacent to an activating group) is 1. The second-order valence-electron chi connectivity index (χ2n) is 4.47. The van der Waals surface area contributed by atoms with E-state index in [1.54, 1.807) is 0 Å². The Morgan fingerprint density at radius 3 is 2.95 bits per heavy atom. The molecule has 0 saturated carbocycles. The normalized spacial score (nSPS) is 10.6. The molecule has 2 aromatic rings. The van der Waals surface area contributed by atoms with E-state index in [-0.39, 0.29) is 0 Å². The third-order valence-corrected chi connectivity index (χ3v) is 3.27. The molecule has 2 heterocycles. The molecule has 0 fully saturated rings. The lowest BCUT2D eigenvalue weighted by Gasteiger charge is -2.18. The maximum Gasteiger partial charge on any atom is 0.225 e. The number of nitrogens with one attached hydrogen (secondary N) is 1. The first-order valence-electron chi connectivity index (χ1n) is 6.48. The van der Waals surface area contributed by atoms with Crippen LogP contribution < -0.4 is 4.90 Å². The zero-order valence-electron chi connectivity index (χ0n) is 11.3. The quantitative estimate of drug-likeness (QED) is 0.824. The maximum atomic E-state index is 5.24. The summed E-state index contributed by atoms with van der Waals surface area (Å²) in [5, 5.41) is 7.16. The molecule has 0 aromatic carbocycles. The van der Waals surface area contributed by atoms with E-state index in [0.29, 0.717) is 4.77 Å². The molecule has 6 heteroatoms. The Balaban J connectivity index is 2.04. The molecule has 0 amide bonds. The molecule has 2 rings (SSSR count). The third-order valence-electron chi connectivity index (χ3n) is 2.96. The summed E-state index contributed by atoms with van der Waals surface area (Å²) in [5.41, 5.74) is 1.09. The van der Waals surface area contributed by atoms with Gasteiger partial charge in [0, 0.05) is 38.4 Å². The van der Waals surface area contributed by atoms with Gasteiger partial charge in [0.25, 0.3) is 0 Å². The molecule has 0 aliphatic rings. The molecular weight excluding hydrogens is 258 g/mol. The molecule has 0 unspecified atom stereocenters. The van der Waals surface area contributed by atoms with Crippen LogP contribution >= 0.6 is 12.2 Å². The lowest BCUT2D eigenvalue weighted by molar-refractivity contribution is 0.653. The summed E-state index contributed by atoms with van der Waals surface area (Å²) in [6, 6.07) is 5.98. The number of hydrogen-bond acceptors (Lipinski definition) is 4. The van der Waals surface area contributed by atoms with Crippen molar-refractivity contribution in [3.05, 3.63) is 34.9 Å². The highest BCUT2D eigenvalue weighted by molar-refractivity contribution is 7.71. The zero-order chi connectivity index (χ0) is 13.7. The number of pyridine rings is 1. The summed E-state index contributed by atoms with van der Waals surface area (Å²) >= 11 is 5.24. The molecule has 0 bridgehead atoms. The summed E-state index contributed by atoms with van der Waals surface area (Å²) in [6.45, 7) is 3.88. The van der Waals surface area contributed by atoms with Crippen LogP contribution in [0.2, 0.25) is 0 Å². The van der Waals surface area contributed by atoms with Crippen molar-refractivity contribution < 1.29 is 0 Å². The van der Waals surface area contributed by atoms with Gasteiger partial charge in [-0.2, -0.15) is 0 Å².